The van der Waals surface area contributed by atoms with Crippen molar-refractivity contribution in [2.45, 2.75) is 25.7 Å². The van der Waals surface area contributed by atoms with Gasteiger partial charge in [0.2, 0.25) is 11.8 Å². The zero-order valence-corrected chi connectivity index (χ0v) is 12.0. The van der Waals surface area contributed by atoms with Gasteiger partial charge in [-0.1, -0.05) is 18.2 Å². The van der Waals surface area contributed by atoms with E-state index < -0.39 is 0 Å². The molecule has 2 amide bonds. The molecule has 1 aromatic carbocycles. The predicted octanol–water partition coefficient (Wildman–Crippen LogP) is 1.06. The van der Waals surface area contributed by atoms with Crippen molar-refractivity contribution in [1.29, 1.82) is 0 Å². The summed E-state index contributed by atoms with van der Waals surface area (Å²) in [5.74, 6) is 0.345. The number of phenolic OH excluding ortho intramolecular Hbond substituents is 1. The van der Waals surface area contributed by atoms with Gasteiger partial charge in [-0.15, -0.1) is 0 Å². The Labute approximate surface area is 123 Å². The van der Waals surface area contributed by atoms with Gasteiger partial charge in [0.05, 0.1) is 6.42 Å². The Bertz CT molecular complexity index is 562. The van der Waals surface area contributed by atoms with Gasteiger partial charge in [-0.05, 0) is 24.3 Å². The second-order valence-corrected chi connectivity index (χ2v) is 6.14. The Morgan fingerprint density at radius 1 is 1.29 bits per heavy atom. The Kier molecular flexibility index (Phi) is 3.57. The fourth-order valence-electron chi connectivity index (χ4n) is 3.27. The largest absolute Gasteiger partial charge is 0.508 e. The van der Waals surface area contributed by atoms with Crippen molar-refractivity contribution in [3.8, 4) is 5.75 Å². The van der Waals surface area contributed by atoms with Gasteiger partial charge in [0.15, 0.2) is 0 Å². The Morgan fingerprint density at radius 3 is 2.62 bits per heavy atom. The minimum atomic E-state index is 0.0450. The number of carbonyl (C=O) groups is 2. The van der Waals surface area contributed by atoms with Crippen molar-refractivity contribution in [3.63, 3.8) is 0 Å². The first-order valence-corrected chi connectivity index (χ1v) is 7.39. The summed E-state index contributed by atoms with van der Waals surface area (Å²) in [6.45, 7) is 2.14. The lowest BCUT2D eigenvalue weighted by molar-refractivity contribution is -0.132. The molecule has 5 nitrogen and oxygen atoms in total. The Hall–Kier alpha value is -2.04. The second-order valence-electron chi connectivity index (χ2n) is 6.14. The van der Waals surface area contributed by atoms with Crippen LogP contribution in [0.2, 0.25) is 0 Å². The lowest BCUT2D eigenvalue weighted by Gasteiger charge is -2.38. The molecule has 0 bridgehead atoms. The van der Waals surface area contributed by atoms with E-state index in [-0.39, 0.29) is 29.4 Å². The van der Waals surface area contributed by atoms with Crippen molar-refractivity contribution >= 4 is 11.8 Å². The summed E-state index contributed by atoms with van der Waals surface area (Å²) < 4.78 is 0. The van der Waals surface area contributed by atoms with Crippen LogP contribution >= 0.6 is 0 Å². The average Bonchev–Trinajstić information content (AvgIpc) is 2.83. The minimum Gasteiger partial charge on any atom is -0.508 e. The predicted molar refractivity (Wildman–Crippen MR) is 77.7 cm³/mol. The van der Waals surface area contributed by atoms with Crippen molar-refractivity contribution < 1.29 is 14.7 Å². The number of hydrogen-bond acceptors (Lipinski definition) is 3. The lowest BCUT2D eigenvalue weighted by Crippen LogP contribution is -2.44. The molecule has 2 aliphatic rings. The number of para-hydroxylation sites is 1. The number of phenols is 1. The standard InChI is InChI=1S/C16H20N2O3/c19-13-4-2-1-3-12(13)9-15(21)18-7-5-16(6-8-18)10-14(20)17-11-16/h1-4,19H,5-11H2,(H,17,20). The molecule has 1 aromatic rings. The summed E-state index contributed by atoms with van der Waals surface area (Å²) in [6, 6.07) is 6.95. The lowest BCUT2D eigenvalue weighted by atomic mass is 9.77. The van der Waals surface area contributed by atoms with E-state index in [2.05, 4.69) is 5.32 Å². The second kappa shape index (κ2) is 5.39. The smallest absolute Gasteiger partial charge is 0.227 e. The molecule has 2 heterocycles. The van der Waals surface area contributed by atoms with E-state index in [4.69, 9.17) is 0 Å². The number of nitrogens with one attached hydrogen (secondary N) is 1. The van der Waals surface area contributed by atoms with E-state index in [1.165, 1.54) is 0 Å². The molecule has 0 atom stereocenters. The van der Waals surface area contributed by atoms with Crippen LogP contribution in [0, 0.1) is 5.41 Å². The highest BCUT2D eigenvalue weighted by Crippen LogP contribution is 2.37. The summed E-state index contributed by atoms with van der Waals surface area (Å²) in [4.78, 5) is 25.6. The number of hydrogen-bond donors (Lipinski definition) is 2. The summed E-state index contributed by atoms with van der Waals surface area (Å²) in [5, 5.41) is 12.6. The van der Waals surface area contributed by atoms with Crippen molar-refractivity contribution in [2.75, 3.05) is 19.6 Å². The SMILES string of the molecule is O=C1CC2(CCN(C(=O)Cc3ccccc3O)CC2)CN1. The highest BCUT2D eigenvalue weighted by Gasteiger charge is 2.41. The number of amides is 2. The molecule has 0 radical (unpaired) electrons. The molecule has 2 fully saturated rings. The van der Waals surface area contributed by atoms with E-state index in [0.29, 0.717) is 25.1 Å². The van der Waals surface area contributed by atoms with Gasteiger partial charge in [-0.25, -0.2) is 0 Å². The molecule has 2 saturated heterocycles. The first kappa shape index (κ1) is 13.9. The van der Waals surface area contributed by atoms with Crippen LogP contribution in [0.4, 0.5) is 0 Å². The van der Waals surface area contributed by atoms with E-state index in [1.807, 2.05) is 11.0 Å². The molecule has 112 valence electrons. The van der Waals surface area contributed by atoms with Gasteiger partial charge < -0.3 is 15.3 Å². The van der Waals surface area contributed by atoms with E-state index >= 15 is 0 Å². The summed E-state index contributed by atoms with van der Waals surface area (Å²) in [7, 11) is 0. The molecule has 0 unspecified atom stereocenters. The zero-order valence-electron chi connectivity index (χ0n) is 12.0. The molecular formula is C16H20N2O3. The average molecular weight is 288 g/mol. The molecule has 2 N–H and O–H groups in total. The highest BCUT2D eigenvalue weighted by atomic mass is 16.3. The quantitative estimate of drug-likeness (QED) is 0.855. The normalized spacial score (nSPS) is 20.6. The van der Waals surface area contributed by atoms with E-state index in [0.717, 1.165) is 19.4 Å². The molecule has 0 saturated carbocycles. The number of aromatic hydroxyl groups is 1. The number of piperidine rings is 1. The van der Waals surface area contributed by atoms with Crippen molar-refractivity contribution in [2.24, 2.45) is 5.41 Å². The molecule has 3 rings (SSSR count). The number of benzene rings is 1. The van der Waals surface area contributed by atoms with Gasteiger partial charge in [-0.2, -0.15) is 0 Å². The van der Waals surface area contributed by atoms with Crippen LogP contribution in [0.25, 0.3) is 0 Å². The zero-order chi connectivity index (χ0) is 14.9. The van der Waals surface area contributed by atoms with Crippen LogP contribution in [0.5, 0.6) is 5.75 Å². The number of carbonyl (C=O) groups excluding carboxylic acids is 2. The van der Waals surface area contributed by atoms with Gasteiger partial charge >= 0.3 is 0 Å². The van der Waals surface area contributed by atoms with Crippen LogP contribution in [0.1, 0.15) is 24.8 Å². The van der Waals surface area contributed by atoms with Crippen molar-refractivity contribution in [1.82, 2.24) is 10.2 Å². The third kappa shape index (κ3) is 2.86. The number of nitrogens with zero attached hydrogens (tertiary/aromatic N) is 1. The monoisotopic (exact) mass is 288 g/mol. The maximum Gasteiger partial charge on any atom is 0.227 e. The first-order valence-electron chi connectivity index (χ1n) is 7.39. The summed E-state index contributed by atoms with van der Waals surface area (Å²) in [6.07, 6.45) is 2.57. The molecule has 1 spiro atoms. The Balaban J connectivity index is 1.58. The van der Waals surface area contributed by atoms with Crippen molar-refractivity contribution in [3.05, 3.63) is 29.8 Å². The van der Waals surface area contributed by atoms with Crippen LogP contribution in [-0.2, 0) is 16.0 Å². The Morgan fingerprint density at radius 2 is 2.00 bits per heavy atom. The molecule has 21 heavy (non-hydrogen) atoms. The fraction of sp³-hybridized carbons (Fsp3) is 0.500. The molecule has 5 heteroatoms. The number of likely N-dealkylation sites (tertiary alicyclic amines) is 1. The third-order valence-corrected chi connectivity index (χ3v) is 4.71. The molecular weight excluding hydrogens is 268 g/mol. The van der Waals surface area contributed by atoms with Gasteiger partial charge in [0, 0.05) is 31.6 Å². The topological polar surface area (TPSA) is 69.6 Å². The van der Waals surface area contributed by atoms with E-state index in [9.17, 15) is 14.7 Å². The van der Waals surface area contributed by atoms with Crippen LogP contribution in [-0.4, -0.2) is 41.5 Å². The molecule has 0 aliphatic carbocycles. The van der Waals surface area contributed by atoms with Crippen LogP contribution in [0.3, 0.4) is 0 Å². The highest BCUT2D eigenvalue weighted by molar-refractivity contribution is 5.80. The van der Waals surface area contributed by atoms with Gasteiger partial charge in [0.25, 0.3) is 0 Å². The molecule has 0 aromatic heterocycles. The maximum atomic E-state index is 12.3. The summed E-state index contributed by atoms with van der Waals surface area (Å²) in [5.41, 5.74) is 0.725. The van der Waals surface area contributed by atoms with Gasteiger partial charge in [-0.3, -0.25) is 9.59 Å². The fourth-order valence-corrected chi connectivity index (χ4v) is 3.27. The van der Waals surface area contributed by atoms with Crippen LogP contribution < -0.4 is 5.32 Å². The number of rotatable bonds is 2. The van der Waals surface area contributed by atoms with Gasteiger partial charge in [0.1, 0.15) is 5.75 Å². The minimum absolute atomic E-state index is 0.0450. The third-order valence-electron chi connectivity index (χ3n) is 4.71. The van der Waals surface area contributed by atoms with Crippen LogP contribution in [0.15, 0.2) is 24.3 Å². The maximum absolute atomic E-state index is 12.3. The summed E-state index contributed by atoms with van der Waals surface area (Å²) >= 11 is 0. The van der Waals surface area contributed by atoms with E-state index in [1.54, 1.807) is 18.2 Å². The molecule has 2 aliphatic heterocycles. The first-order chi connectivity index (χ1) is 10.1.